The number of rotatable bonds is 3. The first kappa shape index (κ1) is 12.2. The topological polar surface area (TPSA) is 43.3 Å². The van der Waals surface area contributed by atoms with E-state index < -0.39 is 0 Å². The Bertz CT molecular complexity index is 701. The van der Waals surface area contributed by atoms with Gasteiger partial charge in [0.2, 0.25) is 0 Å². The molecular weight excluding hydrogens is 258 g/mol. The van der Waals surface area contributed by atoms with E-state index >= 15 is 0 Å². The molecule has 0 radical (unpaired) electrons. The first-order valence-electron chi connectivity index (χ1n) is 6.15. The maximum Gasteiger partial charge on any atom is 0.137 e. The van der Waals surface area contributed by atoms with Crippen molar-refractivity contribution in [3.63, 3.8) is 0 Å². The molecule has 0 aliphatic rings. The van der Waals surface area contributed by atoms with Crippen molar-refractivity contribution in [1.29, 1.82) is 0 Å². The molecule has 0 saturated heterocycles. The molecule has 2 aromatic heterocycles. The van der Waals surface area contributed by atoms with Crippen molar-refractivity contribution in [2.75, 3.05) is 0 Å². The quantitative estimate of drug-likeness (QED) is 0.796. The van der Waals surface area contributed by atoms with E-state index in [0.29, 0.717) is 6.54 Å². The van der Waals surface area contributed by atoms with Gasteiger partial charge in [0.05, 0.1) is 5.69 Å². The minimum absolute atomic E-state index is 0.542. The summed E-state index contributed by atoms with van der Waals surface area (Å²) in [5, 5.41) is 0.756. The molecule has 0 amide bonds. The van der Waals surface area contributed by atoms with Crippen molar-refractivity contribution in [1.82, 2.24) is 9.38 Å². The van der Waals surface area contributed by atoms with Gasteiger partial charge < -0.3 is 10.1 Å². The highest BCUT2D eigenvalue weighted by Gasteiger charge is 2.03. The van der Waals surface area contributed by atoms with Crippen LogP contribution in [0, 0.1) is 0 Å². The second kappa shape index (κ2) is 5.03. The Balaban J connectivity index is 1.90. The number of hydrogen-bond donors (Lipinski definition) is 1. The minimum atomic E-state index is 0.542. The zero-order valence-corrected chi connectivity index (χ0v) is 11.1. The molecule has 3 rings (SSSR count). The molecule has 2 N–H and O–H groups in total. The molecule has 0 fully saturated rings. The van der Waals surface area contributed by atoms with Gasteiger partial charge in [0.15, 0.2) is 0 Å². The van der Waals surface area contributed by atoms with Gasteiger partial charge in [-0.15, -0.1) is 0 Å². The van der Waals surface area contributed by atoms with E-state index in [0.717, 1.165) is 28.3 Å². The summed E-state index contributed by atoms with van der Waals surface area (Å²) in [5.41, 5.74) is 9.92. The van der Waals surface area contributed by atoms with Crippen LogP contribution in [-0.2, 0) is 13.0 Å². The lowest BCUT2D eigenvalue weighted by molar-refractivity contribution is 1.03. The first-order chi connectivity index (χ1) is 9.24. The van der Waals surface area contributed by atoms with Crippen molar-refractivity contribution < 1.29 is 0 Å². The molecule has 0 spiro atoms. The minimum Gasteiger partial charge on any atom is -0.326 e. The second-order valence-electron chi connectivity index (χ2n) is 4.54. The Morgan fingerprint density at radius 3 is 2.47 bits per heavy atom. The molecule has 0 aliphatic carbocycles. The summed E-state index contributed by atoms with van der Waals surface area (Å²) >= 11 is 5.88. The number of benzene rings is 1. The zero-order valence-electron chi connectivity index (χ0n) is 10.4. The molecule has 19 heavy (non-hydrogen) atoms. The van der Waals surface area contributed by atoms with Crippen LogP contribution in [-0.4, -0.2) is 9.38 Å². The van der Waals surface area contributed by atoms with Gasteiger partial charge in [0, 0.05) is 30.4 Å². The van der Waals surface area contributed by atoms with Crippen molar-refractivity contribution in [2.45, 2.75) is 13.0 Å². The lowest BCUT2D eigenvalue weighted by atomic mass is 10.1. The fraction of sp³-hybridized carbons (Fsp3) is 0.133. The van der Waals surface area contributed by atoms with Gasteiger partial charge in [0.25, 0.3) is 0 Å². The molecule has 1 aromatic carbocycles. The van der Waals surface area contributed by atoms with Gasteiger partial charge in [0.1, 0.15) is 5.65 Å². The summed E-state index contributed by atoms with van der Waals surface area (Å²) in [6, 6.07) is 11.9. The van der Waals surface area contributed by atoms with Gasteiger partial charge >= 0.3 is 0 Å². The van der Waals surface area contributed by atoms with E-state index in [-0.39, 0.29) is 0 Å². The Morgan fingerprint density at radius 1 is 1.00 bits per heavy atom. The summed E-state index contributed by atoms with van der Waals surface area (Å²) in [7, 11) is 0. The zero-order chi connectivity index (χ0) is 13.2. The lowest BCUT2D eigenvalue weighted by Gasteiger charge is -1.97. The number of aromatic nitrogens is 2. The van der Waals surface area contributed by atoms with Crippen LogP contribution in [0.2, 0.25) is 5.02 Å². The number of hydrogen-bond acceptors (Lipinski definition) is 2. The molecule has 96 valence electrons. The standard InChI is InChI=1S/C15H14ClN3/c16-13-4-1-11(2-5-13)7-14-10-19-9-12(8-17)3-6-15(19)18-14/h1-6,9-10H,7-8,17H2. The lowest BCUT2D eigenvalue weighted by Crippen LogP contribution is -1.97. The third kappa shape index (κ3) is 2.62. The highest BCUT2D eigenvalue weighted by Crippen LogP contribution is 2.14. The molecule has 3 aromatic rings. The highest BCUT2D eigenvalue weighted by molar-refractivity contribution is 6.30. The summed E-state index contributed by atoms with van der Waals surface area (Å²) in [4.78, 5) is 4.59. The van der Waals surface area contributed by atoms with E-state index in [9.17, 15) is 0 Å². The number of pyridine rings is 1. The Hall–Kier alpha value is -1.84. The van der Waals surface area contributed by atoms with Crippen LogP contribution < -0.4 is 5.73 Å². The predicted molar refractivity (Wildman–Crippen MR) is 77.3 cm³/mol. The molecule has 0 aliphatic heterocycles. The monoisotopic (exact) mass is 271 g/mol. The van der Waals surface area contributed by atoms with Crippen LogP contribution >= 0.6 is 11.6 Å². The van der Waals surface area contributed by atoms with E-state index in [1.165, 1.54) is 5.56 Å². The van der Waals surface area contributed by atoms with E-state index in [4.69, 9.17) is 17.3 Å². The summed E-state index contributed by atoms with van der Waals surface area (Å²) in [6.45, 7) is 0.542. The molecule has 0 bridgehead atoms. The molecule has 4 heteroatoms. The molecule has 0 atom stereocenters. The SMILES string of the molecule is NCc1ccc2nc(Cc3ccc(Cl)cc3)cn2c1. The van der Waals surface area contributed by atoms with Gasteiger partial charge in [-0.1, -0.05) is 29.8 Å². The molecule has 0 unspecified atom stereocenters. The van der Waals surface area contributed by atoms with Gasteiger partial charge in [-0.2, -0.15) is 0 Å². The van der Waals surface area contributed by atoms with Crippen LogP contribution in [0.25, 0.3) is 5.65 Å². The van der Waals surface area contributed by atoms with E-state index in [1.807, 2.05) is 53.2 Å². The molecule has 3 nitrogen and oxygen atoms in total. The molecular formula is C15H14ClN3. The largest absolute Gasteiger partial charge is 0.326 e. The second-order valence-corrected chi connectivity index (χ2v) is 4.98. The normalized spacial score (nSPS) is 11.1. The van der Waals surface area contributed by atoms with Crippen molar-refractivity contribution in [3.05, 3.63) is 70.6 Å². The van der Waals surface area contributed by atoms with Crippen molar-refractivity contribution in [2.24, 2.45) is 5.73 Å². The number of halogens is 1. The number of fused-ring (bicyclic) bond motifs is 1. The maximum atomic E-state index is 5.88. The van der Waals surface area contributed by atoms with Gasteiger partial charge in [-0.05, 0) is 29.3 Å². The first-order valence-corrected chi connectivity index (χ1v) is 6.53. The van der Waals surface area contributed by atoms with Gasteiger partial charge in [-0.25, -0.2) is 4.98 Å². The van der Waals surface area contributed by atoms with E-state index in [2.05, 4.69) is 4.98 Å². The predicted octanol–water partition coefficient (Wildman–Crippen LogP) is 3.04. The fourth-order valence-corrected chi connectivity index (χ4v) is 2.23. The van der Waals surface area contributed by atoms with Crippen LogP contribution in [0.4, 0.5) is 0 Å². The van der Waals surface area contributed by atoms with Crippen LogP contribution in [0.1, 0.15) is 16.8 Å². The summed E-state index contributed by atoms with van der Waals surface area (Å²) in [6.07, 6.45) is 4.87. The molecule has 2 heterocycles. The highest BCUT2D eigenvalue weighted by atomic mass is 35.5. The third-order valence-electron chi connectivity index (χ3n) is 3.10. The molecule has 0 saturated carbocycles. The summed E-state index contributed by atoms with van der Waals surface area (Å²) < 4.78 is 2.02. The third-order valence-corrected chi connectivity index (χ3v) is 3.35. The smallest absolute Gasteiger partial charge is 0.137 e. The Kier molecular flexibility index (Phi) is 3.23. The Morgan fingerprint density at radius 2 is 1.74 bits per heavy atom. The van der Waals surface area contributed by atoms with Crippen LogP contribution in [0.3, 0.4) is 0 Å². The summed E-state index contributed by atoms with van der Waals surface area (Å²) in [5.74, 6) is 0. The van der Waals surface area contributed by atoms with E-state index in [1.54, 1.807) is 0 Å². The van der Waals surface area contributed by atoms with Gasteiger partial charge in [-0.3, -0.25) is 0 Å². The average Bonchev–Trinajstić information content (AvgIpc) is 2.82. The van der Waals surface area contributed by atoms with Crippen LogP contribution in [0.5, 0.6) is 0 Å². The van der Waals surface area contributed by atoms with Crippen molar-refractivity contribution >= 4 is 17.2 Å². The average molecular weight is 272 g/mol. The number of imidazole rings is 1. The fourth-order valence-electron chi connectivity index (χ4n) is 2.11. The maximum absolute atomic E-state index is 5.88. The number of nitrogens with zero attached hydrogens (tertiary/aromatic N) is 2. The van der Waals surface area contributed by atoms with Crippen molar-refractivity contribution in [3.8, 4) is 0 Å². The number of nitrogens with two attached hydrogens (primary N) is 1. The van der Waals surface area contributed by atoms with Crippen LogP contribution in [0.15, 0.2) is 48.8 Å². The Labute approximate surface area is 116 Å².